The lowest BCUT2D eigenvalue weighted by atomic mass is 9.95. The van der Waals surface area contributed by atoms with Gasteiger partial charge in [0.2, 0.25) is 13.2 Å². The van der Waals surface area contributed by atoms with Crippen LogP contribution in [0.4, 0.5) is 0 Å². The summed E-state index contributed by atoms with van der Waals surface area (Å²) in [6.07, 6.45) is 3.89. The molecule has 0 aliphatic carbocycles. The number of pyridine rings is 1. The summed E-state index contributed by atoms with van der Waals surface area (Å²) in [4.78, 5) is 28.0. The molecule has 0 aliphatic rings. The van der Waals surface area contributed by atoms with E-state index in [1.54, 1.807) is 0 Å². The molecule has 3 atom stereocenters. The van der Waals surface area contributed by atoms with Crippen molar-refractivity contribution in [1.29, 1.82) is 0 Å². The third kappa shape index (κ3) is 5.23. The summed E-state index contributed by atoms with van der Waals surface area (Å²) in [6, 6.07) is 17.4. The molecule has 3 unspecified atom stereocenters. The normalized spacial score (nSPS) is 14.6. The molecule has 0 spiro atoms. The van der Waals surface area contributed by atoms with Gasteiger partial charge in [-0.05, 0) is 38.3 Å². The number of aliphatic hydroxyl groups excluding tert-OH is 1. The second kappa shape index (κ2) is 10.6. The molecule has 0 fully saturated rings. The first-order chi connectivity index (χ1) is 16.5. The summed E-state index contributed by atoms with van der Waals surface area (Å²) < 4.78 is 18.0. The molecule has 1 heterocycles. The van der Waals surface area contributed by atoms with Crippen LogP contribution >= 0.6 is 8.03 Å². The van der Waals surface area contributed by atoms with Gasteiger partial charge in [0.25, 0.3) is 0 Å². The highest BCUT2D eigenvalue weighted by Gasteiger charge is 2.49. The quantitative estimate of drug-likeness (QED) is 0.265. The Morgan fingerprint density at radius 2 is 1.66 bits per heavy atom. The molecule has 0 amide bonds. The monoisotopic (exact) mass is 491 g/mol. The van der Waals surface area contributed by atoms with Crippen molar-refractivity contribution in [3.63, 3.8) is 0 Å². The van der Waals surface area contributed by atoms with E-state index >= 15 is 0 Å². The number of aryl methyl sites for hydroxylation is 2. The van der Waals surface area contributed by atoms with E-state index in [-0.39, 0.29) is 11.7 Å². The van der Waals surface area contributed by atoms with E-state index in [2.05, 4.69) is 0 Å². The molecular formula is C28H30NO5P. The number of carbonyl (C=O) groups is 1. The molecule has 3 rings (SSSR count). The highest BCUT2D eigenvalue weighted by Crippen LogP contribution is 2.43. The maximum atomic E-state index is 13.3. The van der Waals surface area contributed by atoms with E-state index in [0.29, 0.717) is 17.0 Å². The van der Waals surface area contributed by atoms with Gasteiger partial charge in [-0.2, -0.15) is 0 Å². The van der Waals surface area contributed by atoms with Crippen LogP contribution in [0.3, 0.4) is 0 Å². The Morgan fingerprint density at radius 3 is 2.14 bits per heavy atom. The first kappa shape index (κ1) is 26.4. The maximum Gasteiger partial charge on any atom is 0.342 e. The van der Waals surface area contributed by atoms with Crippen molar-refractivity contribution in [2.24, 2.45) is 0 Å². The van der Waals surface area contributed by atoms with Crippen LogP contribution in [0.2, 0.25) is 0 Å². The molecule has 7 heteroatoms. The van der Waals surface area contributed by atoms with Gasteiger partial charge in [0.05, 0.1) is 17.5 Å². The minimum atomic E-state index is -3.71. The smallest absolute Gasteiger partial charge is 0.342 e. The van der Waals surface area contributed by atoms with Crippen LogP contribution in [-0.2, 0) is 9.36 Å². The van der Waals surface area contributed by atoms with Crippen LogP contribution in [-0.4, -0.2) is 32.2 Å². The summed E-state index contributed by atoms with van der Waals surface area (Å²) in [7, 11) is -3.71. The molecular weight excluding hydrogens is 461 g/mol. The fourth-order valence-electron chi connectivity index (χ4n) is 4.00. The number of hydrogen-bond donors (Lipinski definition) is 2. The average molecular weight is 492 g/mol. The molecule has 0 saturated carbocycles. The number of terminal acetylenes is 1. The van der Waals surface area contributed by atoms with Crippen LogP contribution < -0.4 is 4.74 Å². The average Bonchev–Trinajstić information content (AvgIpc) is 2.79. The summed E-state index contributed by atoms with van der Waals surface area (Å²) in [5.74, 6) is 0.860. The summed E-state index contributed by atoms with van der Waals surface area (Å²) in [6.45, 7) is 8.97. The van der Waals surface area contributed by atoms with Crippen molar-refractivity contribution in [1.82, 2.24) is 4.98 Å². The molecule has 182 valence electrons. The number of nitrogens with zero attached hydrogens (tertiary/aromatic N) is 1. The van der Waals surface area contributed by atoms with Crippen molar-refractivity contribution < 1.29 is 24.1 Å². The molecule has 6 nitrogen and oxygen atoms in total. The molecule has 0 aliphatic heterocycles. The molecule has 2 N–H and O–H groups in total. The van der Waals surface area contributed by atoms with Gasteiger partial charge in [-0.3, -0.25) is 4.57 Å². The molecule has 1 aromatic heterocycles. The second-order valence-corrected chi connectivity index (χ2v) is 10.4. The molecule has 0 bridgehead atoms. The van der Waals surface area contributed by atoms with Crippen molar-refractivity contribution in [3.8, 4) is 40.5 Å². The van der Waals surface area contributed by atoms with Crippen molar-refractivity contribution in [2.75, 3.05) is 0 Å². The number of esters is 1. The van der Waals surface area contributed by atoms with E-state index in [9.17, 15) is 19.4 Å². The van der Waals surface area contributed by atoms with E-state index in [4.69, 9.17) is 16.1 Å². The zero-order valence-corrected chi connectivity index (χ0v) is 21.5. The van der Waals surface area contributed by atoms with E-state index in [1.165, 1.54) is 6.92 Å². The number of carbonyl (C=O) groups excluding carboxylic acids is 1. The maximum absolute atomic E-state index is 13.3. The van der Waals surface area contributed by atoms with Gasteiger partial charge in [0.1, 0.15) is 0 Å². The SMILES string of the molecule is C#CC(C(=O)Oc1c(-c2cc(C)cc(C)c2)cc(-c2ccccc2)nc1C(C)C)(C(C)O)[PH](=O)O. The molecule has 35 heavy (non-hydrogen) atoms. The highest BCUT2D eigenvalue weighted by molar-refractivity contribution is 7.42. The predicted molar refractivity (Wildman–Crippen MR) is 139 cm³/mol. The fraction of sp³-hybridized carbons (Fsp3) is 0.286. The van der Waals surface area contributed by atoms with Gasteiger partial charge in [0.15, 0.2) is 5.75 Å². The Morgan fingerprint density at radius 1 is 1.06 bits per heavy atom. The van der Waals surface area contributed by atoms with Crippen LogP contribution in [0.15, 0.2) is 54.6 Å². The minimum absolute atomic E-state index is 0.151. The Balaban J connectivity index is 2.33. The van der Waals surface area contributed by atoms with E-state index in [0.717, 1.165) is 22.3 Å². The standard InChI is InChI=1S/C28H30NO5P/c1-7-28(20(6)30,35(32)33)27(31)34-26-23(22-14-18(4)13-19(5)15-22)16-24(29-25(26)17(2)3)21-11-9-8-10-12-21/h1,8-17,20,30,35H,2-6H3,(H,32,33). The Kier molecular flexibility index (Phi) is 7.97. The number of ether oxygens (including phenoxy) is 1. The molecule has 2 aromatic carbocycles. The second-order valence-electron chi connectivity index (χ2n) is 8.99. The number of rotatable bonds is 7. The van der Waals surface area contributed by atoms with Crippen molar-refractivity contribution >= 4 is 14.0 Å². The first-order valence-corrected chi connectivity index (χ1v) is 12.7. The van der Waals surface area contributed by atoms with Crippen molar-refractivity contribution in [2.45, 2.75) is 51.8 Å². The van der Waals surface area contributed by atoms with Gasteiger partial charge >= 0.3 is 5.97 Å². The zero-order chi connectivity index (χ0) is 25.9. The van der Waals surface area contributed by atoms with Crippen LogP contribution in [0.25, 0.3) is 22.4 Å². The third-order valence-corrected chi connectivity index (χ3v) is 7.30. The number of hydrogen-bond acceptors (Lipinski definition) is 5. The molecule has 3 aromatic rings. The number of aliphatic hydroxyl groups is 1. The van der Waals surface area contributed by atoms with Gasteiger partial charge in [-0.1, -0.05) is 79.4 Å². The van der Waals surface area contributed by atoms with Crippen LogP contribution in [0.5, 0.6) is 5.75 Å². The van der Waals surface area contributed by atoms with Crippen molar-refractivity contribution in [3.05, 3.63) is 71.4 Å². The van der Waals surface area contributed by atoms with E-state index < -0.39 is 25.3 Å². The van der Waals surface area contributed by atoms with Gasteiger partial charge < -0.3 is 14.7 Å². The first-order valence-electron chi connectivity index (χ1n) is 11.3. The Labute approximate surface area is 206 Å². The number of aromatic nitrogens is 1. The number of benzene rings is 2. The predicted octanol–water partition coefficient (Wildman–Crippen LogP) is 5.28. The lowest BCUT2D eigenvalue weighted by Crippen LogP contribution is -2.46. The van der Waals surface area contributed by atoms with Gasteiger partial charge in [-0.15, -0.1) is 6.42 Å². The van der Waals surface area contributed by atoms with Crippen LogP contribution in [0, 0.1) is 26.2 Å². The zero-order valence-electron chi connectivity index (χ0n) is 20.5. The third-order valence-electron chi connectivity index (χ3n) is 5.86. The molecule has 0 saturated heterocycles. The minimum Gasteiger partial charge on any atom is -0.422 e. The summed E-state index contributed by atoms with van der Waals surface area (Å²) in [5, 5.41) is 7.84. The highest BCUT2D eigenvalue weighted by atomic mass is 31.1. The Hall–Kier alpha value is -3.23. The largest absolute Gasteiger partial charge is 0.422 e. The van der Waals surface area contributed by atoms with Crippen LogP contribution in [0.1, 0.15) is 43.5 Å². The fourth-order valence-corrected chi connectivity index (χ4v) is 4.71. The van der Waals surface area contributed by atoms with Gasteiger partial charge in [-0.25, -0.2) is 9.78 Å². The van der Waals surface area contributed by atoms with E-state index in [1.807, 2.05) is 88.2 Å². The lowest BCUT2D eigenvalue weighted by Gasteiger charge is -2.27. The van der Waals surface area contributed by atoms with Gasteiger partial charge in [0, 0.05) is 11.1 Å². The topological polar surface area (TPSA) is 96.7 Å². The lowest BCUT2D eigenvalue weighted by molar-refractivity contribution is -0.138. The molecule has 0 radical (unpaired) electrons. The Bertz CT molecular complexity index is 1290. The summed E-state index contributed by atoms with van der Waals surface area (Å²) in [5.41, 5.74) is 5.50. The summed E-state index contributed by atoms with van der Waals surface area (Å²) >= 11 is 0.